The Morgan fingerprint density at radius 2 is 1.72 bits per heavy atom. The summed E-state index contributed by atoms with van der Waals surface area (Å²) in [6.45, 7) is 0. The first-order chi connectivity index (χ1) is 15.6. The number of rotatable bonds is 4. The van der Waals surface area contributed by atoms with Crippen LogP contribution in [0.15, 0.2) is 99.6 Å². The SMILES string of the molecule is CSc1ccc(C=c2sc3n(c2=O)C(c2ccc(Cl)cc2)C=C(c2ccccc2)N=3)cc1. The number of halogens is 1. The minimum Gasteiger partial charge on any atom is -0.272 e. The molecule has 0 aliphatic carbocycles. The molecule has 0 spiro atoms. The molecule has 0 N–H and O–H groups in total. The van der Waals surface area contributed by atoms with Crippen LogP contribution in [0.3, 0.4) is 0 Å². The largest absolute Gasteiger partial charge is 0.272 e. The molecule has 4 aromatic rings. The lowest BCUT2D eigenvalue weighted by Crippen LogP contribution is -2.36. The number of thiazole rings is 1. The van der Waals surface area contributed by atoms with Gasteiger partial charge in [-0.3, -0.25) is 9.36 Å². The Kier molecular flexibility index (Phi) is 5.87. The van der Waals surface area contributed by atoms with Crippen molar-refractivity contribution in [1.82, 2.24) is 4.57 Å². The molecular formula is C26H19ClN2OS2. The summed E-state index contributed by atoms with van der Waals surface area (Å²) >= 11 is 9.24. The summed E-state index contributed by atoms with van der Waals surface area (Å²) in [5.41, 5.74) is 3.85. The fraction of sp³-hybridized carbons (Fsp3) is 0.0769. The molecule has 1 atom stereocenters. The minimum absolute atomic E-state index is 0.0361. The lowest BCUT2D eigenvalue weighted by Gasteiger charge is -2.19. The van der Waals surface area contributed by atoms with Crippen LogP contribution in [0.2, 0.25) is 5.02 Å². The van der Waals surface area contributed by atoms with E-state index in [1.807, 2.05) is 79.1 Å². The highest BCUT2D eigenvalue weighted by atomic mass is 35.5. The van der Waals surface area contributed by atoms with Crippen molar-refractivity contribution in [2.24, 2.45) is 4.99 Å². The number of benzene rings is 3. The summed E-state index contributed by atoms with van der Waals surface area (Å²) in [5, 5.41) is 0.669. The molecule has 0 saturated heterocycles. The molecule has 1 aliphatic heterocycles. The third-order valence-corrected chi connectivity index (χ3v) is 7.32. The van der Waals surface area contributed by atoms with Gasteiger partial charge < -0.3 is 0 Å². The molecule has 5 rings (SSSR count). The van der Waals surface area contributed by atoms with Gasteiger partial charge in [0, 0.05) is 9.92 Å². The van der Waals surface area contributed by atoms with E-state index in [-0.39, 0.29) is 11.6 Å². The summed E-state index contributed by atoms with van der Waals surface area (Å²) < 4.78 is 2.45. The fourth-order valence-corrected chi connectivity index (χ4v) is 5.25. The second-order valence-corrected chi connectivity index (χ2v) is 9.69. The number of allylic oxidation sites excluding steroid dienone is 1. The van der Waals surface area contributed by atoms with Gasteiger partial charge >= 0.3 is 0 Å². The van der Waals surface area contributed by atoms with Gasteiger partial charge in [-0.2, -0.15) is 0 Å². The van der Waals surface area contributed by atoms with Crippen LogP contribution in [-0.2, 0) is 0 Å². The minimum atomic E-state index is -0.250. The van der Waals surface area contributed by atoms with E-state index in [0.29, 0.717) is 14.4 Å². The average Bonchev–Trinajstić information content (AvgIpc) is 3.15. The zero-order valence-electron chi connectivity index (χ0n) is 17.2. The monoisotopic (exact) mass is 474 g/mol. The third-order valence-electron chi connectivity index (χ3n) is 5.34. The first-order valence-corrected chi connectivity index (χ1v) is 12.5. The molecule has 1 aliphatic rings. The summed E-state index contributed by atoms with van der Waals surface area (Å²) in [4.78, 5) is 20.2. The zero-order valence-corrected chi connectivity index (χ0v) is 19.6. The van der Waals surface area contributed by atoms with Crippen molar-refractivity contribution in [3.8, 4) is 0 Å². The van der Waals surface area contributed by atoms with E-state index in [4.69, 9.17) is 16.6 Å². The van der Waals surface area contributed by atoms with Crippen molar-refractivity contribution in [3.05, 3.63) is 126 Å². The smallest absolute Gasteiger partial charge is 0.271 e. The predicted octanol–water partition coefficient (Wildman–Crippen LogP) is 5.38. The highest BCUT2D eigenvalue weighted by Crippen LogP contribution is 2.27. The Bertz CT molecular complexity index is 1470. The maximum absolute atomic E-state index is 13.5. The molecule has 0 saturated carbocycles. The molecule has 0 fully saturated rings. The summed E-state index contributed by atoms with van der Waals surface area (Å²) in [7, 11) is 0. The molecule has 1 aromatic heterocycles. The average molecular weight is 475 g/mol. The Labute approximate surface area is 199 Å². The number of aromatic nitrogens is 1. The number of hydrogen-bond acceptors (Lipinski definition) is 4. The summed E-state index contributed by atoms with van der Waals surface area (Å²) in [5.74, 6) is 0. The molecule has 0 radical (unpaired) electrons. The Hall–Kier alpha value is -2.86. The van der Waals surface area contributed by atoms with E-state index in [1.54, 1.807) is 16.3 Å². The van der Waals surface area contributed by atoms with Crippen LogP contribution in [-0.4, -0.2) is 10.8 Å². The normalized spacial score (nSPS) is 15.8. The van der Waals surface area contributed by atoms with Crippen molar-refractivity contribution in [2.75, 3.05) is 6.26 Å². The number of hydrogen-bond donors (Lipinski definition) is 0. The Morgan fingerprint density at radius 1 is 1.00 bits per heavy atom. The van der Waals surface area contributed by atoms with Gasteiger partial charge in [0.05, 0.1) is 16.3 Å². The highest BCUT2D eigenvalue weighted by Gasteiger charge is 2.22. The molecule has 3 aromatic carbocycles. The summed E-state index contributed by atoms with van der Waals surface area (Å²) in [6, 6.07) is 25.7. The van der Waals surface area contributed by atoms with Crippen LogP contribution in [0.5, 0.6) is 0 Å². The zero-order chi connectivity index (χ0) is 22.1. The van der Waals surface area contributed by atoms with Crippen molar-refractivity contribution < 1.29 is 0 Å². The van der Waals surface area contributed by atoms with Gasteiger partial charge in [-0.1, -0.05) is 77.5 Å². The van der Waals surface area contributed by atoms with Crippen LogP contribution in [0, 0.1) is 0 Å². The maximum Gasteiger partial charge on any atom is 0.271 e. The van der Waals surface area contributed by atoms with Gasteiger partial charge in [0.2, 0.25) is 0 Å². The van der Waals surface area contributed by atoms with E-state index in [9.17, 15) is 4.79 Å². The molecule has 1 unspecified atom stereocenters. The lowest BCUT2D eigenvalue weighted by atomic mass is 10.0. The quantitative estimate of drug-likeness (QED) is 0.372. The van der Waals surface area contributed by atoms with Crippen molar-refractivity contribution >= 4 is 46.5 Å². The van der Waals surface area contributed by atoms with Gasteiger partial charge in [-0.05, 0) is 59.4 Å². The van der Waals surface area contributed by atoms with Crippen molar-refractivity contribution in [3.63, 3.8) is 0 Å². The highest BCUT2D eigenvalue weighted by molar-refractivity contribution is 7.98. The number of nitrogens with zero attached hydrogens (tertiary/aromatic N) is 2. The van der Waals surface area contributed by atoms with Crippen LogP contribution in [0.1, 0.15) is 22.7 Å². The number of fused-ring (bicyclic) bond motifs is 1. The predicted molar refractivity (Wildman–Crippen MR) is 135 cm³/mol. The molecular weight excluding hydrogens is 456 g/mol. The van der Waals surface area contributed by atoms with E-state index in [2.05, 4.69) is 18.2 Å². The molecule has 0 bridgehead atoms. The van der Waals surface area contributed by atoms with Gasteiger partial charge in [0.15, 0.2) is 4.80 Å². The Morgan fingerprint density at radius 3 is 2.41 bits per heavy atom. The lowest BCUT2D eigenvalue weighted by molar-refractivity contribution is 0.644. The van der Waals surface area contributed by atoms with Crippen LogP contribution < -0.4 is 14.9 Å². The van der Waals surface area contributed by atoms with E-state index >= 15 is 0 Å². The van der Waals surface area contributed by atoms with Crippen molar-refractivity contribution in [2.45, 2.75) is 10.9 Å². The second-order valence-electron chi connectivity index (χ2n) is 7.37. The molecule has 0 amide bonds. The van der Waals surface area contributed by atoms with E-state index in [0.717, 1.165) is 22.4 Å². The maximum atomic E-state index is 13.5. The molecule has 6 heteroatoms. The topological polar surface area (TPSA) is 34.4 Å². The first kappa shape index (κ1) is 21.0. The molecule has 32 heavy (non-hydrogen) atoms. The molecule has 2 heterocycles. The standard InChI is InChI=1S/C26H19ClN2OS2/c1-31-21-13-7-17(8-14-21)15-24-25(30)29-23(19-9-11-20(27)12-10-19)16-22(28-26(29)32-24)18-5-3-2-4-6-18/h2-16,23H,1H3. The Balaban J connectivity index is 1.69. The first-order valence-electron chi connectivity index (χ1n) is 10.1. The van der Waals surface area contributed by atoms with Gasteiger partial charge in [-0.15, -0.1) is 11.8 Å². The van der Waals surface area contributed by atoms with Gasteiger partial charge in [0.1, 0.15) is 0 Å². The third kappa shape index (κ3) is 4.11. The van der Waals surface area contributed by atoms with Crippen LogP contribution in [0.25, 0.3) is 11.8 Å². The van der Waals surface area contributed by atoms with E-state index in [1.165, 1.54) is 16.2 Å². The van der Waals surface area contributed by atoms with Crippen molar-refractivity contribution in [1.29, 1.82) is 0 Å². The number of thioether (sulfide) groups is 1. The van der Waals surface area contributed by atoms with Gasteiger partial charge in [-0.25, -0.2) is 4.99 Å². The van der Waals surface area contributed by atoms with E-state index < -0.39 is 0 Å². The molecule has 3 nitrogen and oxygen atoms in total. The van der Waals surface area contributed by atoms with Gasteiger partial charge in [0.25, 0.3) is 5.56 Å². The molecule has 158 valence electrons. The second kappa shape index (κ2) is 8.94. The fourth-order valence-electron chi connectivity index (χ4n) is 3.70. The van der Waals surface area contributed by atoms with Crippen LogP contribution in [0.4, 0.5) is 0 Å². The van der Waals surface area contributed by atoms with Crippen LogP contribution >= 0.6 is 34.7 Å². The summed E-state index contributed by atoms with van der Waals surface area (Å²) in [6.07, 6.45) is 6.05.